The van der Waals surface area contributed by atoms with Crippen LogP contribution >= 0.6 is 23.1 Å². The molecule has 1 heterocycles. The highest BCUT2D eigenvalue weighted by atomic mass is 32.2. The van der Waals surface area contributed by atoms with Crippen LogP contribution in [0, 0.1) is 0 Å². The smallest absolute Gasteiger partial charge is 0.316 e. The molecule has 0 aromatic carbocycles. The maximum atomic E-state index is 11.6. The van der Waals surface area contributed by atoms with Gasteiger partial charge in [-0.15, -0.1) is 10.2 Å². The number of rotatable bonds is 8. The topological polar surface area (TPSA) is 93.2 Å². The summed E-state index contributed by atoms with van der Waals surface area (Å²) in [6.45, 7) is 3.45. The van der Waals surface area contributed by atoms with Crippen LogP contribution in [-0.4, -0.2) is 46.5 Å². The Morgan fingerprint density at radius 3 is 2.75 bits per heavy atom. The number of anilines is 1. The van der Waals surface area contributed by atoms with E-state index in [0.717, 1.165) is 9.47 Å². The zero-order valence-corrected chi connectivity index (χ0v) is 15.7. The van der Waals surface area contributed by atoms with Crippen LogP contribution in [0.1, 0.15) is 46.0 Å². The lowest BCUT2D eigenvalue weighted by Gasteiger charge is -2.21. The van der Waals surface area contributed by atoms with E-state index in [2.05, 4.69) is 20.8 Å². The van der Waals surface area contributed by atoms with Gasteiger partial charge < -0.3 is 15.4 Å². The molecule has 9 heteroatoms. The van der Waals surface area contributed by atoms with Crippen LogP contribution in [0.5, 0.6) is 0 Å². The van der Waals surface area contributed by atoms with Gasteiger partial charge in [0.15, 0.2) is 10.9 Å². The first kappa shape index (κ1) is 19.0. The van der Waals surface area contributed by atoms with Crippen LogP contribution in [-0.2, 0) is 14.3 Å². The van der Waals surface area contributed by atoms with Gasteiger partial charge in [0, 0.05) is 12.1 Å². The van der Waals surface area contributed by atoms with Crippen LogP contribution < -0.4 is 10.6 Å². The van der Waals surface area contributed by atoms with Crippen molar-refractivity contribution < 1.29 is 14.3 Å². The molecule has 2 N–H and O–H groups in total. The fourth-order valence-electron chi connectivity index (χ4n) is 2.42. The predicted octanol–water partition coefficient (Wildman–Crippen LogP) is 2.44. The van der Waals surface area contributed by atoms with Crippen molar-refractivity contribution in [2.45, 2.75) is 62.4 Å². The number of thioether (sulfide) groups is 1. The maximum absolute atomic E-state index is 11.6. The highest BCUT2D eigenvalue weighted by Crippen LogP contribution is 2.28. The molecular weight excluding hydrogens is 348 g/mol. The Labute approximate surface area is 150 Å². The second kappa shape index (κ2) is 9.83. The zero-order chi connectivity index (χ0) is 17.4. The largest absolute Gasteiger partial charge is 0.455 e. The first-order valence-corrected chi connectivity index (χ1v) is 10.0. The summed E-state index contributed by atoms with van der Waals surface area (Å²) < 4.78 is 5.64. The van der Waals surface area contributed by atoms with E-state index >= 15 is 0 Å². The van der Waals surface area contributed by atoms with Crippen LogP contribution in [0.25, 0.3) is 0 Å². The van der Waals surface area contributed by atoms with Gasteiger partial charge in [0.1, 0.15) is 0 Å². The molecule has 0 aliphatic heterocycles. The molecule has 1 fully saturated rings. The lowest BCUT2D eigenvalue weighted by molar-refractivity contribution is -0.146. The van der Waals surface area contributed by atoms with Gasteiger partial charge in [0.2, 0.25) is 5.13 Å². The summed E-state index contributed by atoms with van der Waals surface area (Å²) in [5.41, 5.74) is 0. The first-order valence-electron chi connectivity index (χ1n) is 8.20. The Morgan fingerprint density at radius 1 is 1.29 bits per heavy atom. The van der Waals surface area contributed by atoms with Crippen molar-refractivity contribution in [2.75, 3.05) is 17.7 Å². The van der Waals surface area contributed by atoms with Crippen molar-refractivity contribution in [1.82, 2.24) is 15.5 Å². The molecule has 1 amide bonds. The van der Waals surface area contributed by atoms with E-state index in [0.29, 0.717) is 6.04 Å². The van der Waals surface area contributed by atoms with E-state index in [-0.39, 0.29) is 24.3 Å². The highest BCUT2D eigenvalue weighted by molar-refractivity contribution is 8.01. The second-order valence-corrected chi connectivity index (χ2v) is 8.22. The number of carbonyl (C=O) groups is 2. The average molecular weight is 373 g/mol. The highest BCUT2D eigenvalue weighted by Gasteiger charge is 2.16. The summed E-state index contributed by atoms with van der Waals surface area (Å²) in [5.74, 6) is -0.610. The monoisotopic (exact) mass is 372 g/mol. The van der Waals surface area contributed by atoms with Gasteiger partial charge in [0.25, 0.3) is 5.91 Å². The number of hydrogen-bond acceptors (Lipinski definition) is 8. The molecule has 7 nitrogen and oxygen atoms in total. The summed E-state index contributed by atoms with van der Waals surface area (Å²) in [5, 5.41) is 15.1. The molecule has 24 heavy (non-hydrogen) atoms. The number of nitrogens with one attached hydrogen (secondary N) is 2. The number of ether oxygens (including phenoxy) is 1. The molecule has 1 aliphatic carbocycles. The number of hydrogen-bond donors (Lipinski definition) is 2. The van der Waals surface area contributed by atoms with Gasteiger partial charge in [0.05, 0.1) is 5.75 Å². The Balaban J connectivity index is 1.66. The number of carbonyl (C=O) groups excluding carboxylic acids is 2. The van der Waals surface area contributed by atoms with E-state index in [9.17, 15) is 9.59 Å². The summed E-state index contributed by atoms with van der Waals surface area (Å²) in [4.78, 5) is 23.0. The van der Waals surface area contributed by atoms with E-state index in [1.165, 1.54) is 55.2 Å². The van der Waals surface area contributed by atoms with Crippen LogP contribution in [0.3, 0.4) is 0 Å². The number of esters is 1. The average Bonchev–Trinajstić information content (AvgIpc) is 2.99. The Kier molecular flexibility index (Phi) is 7.77. The molecule has 1 aliphatic rings. The predicted molar refractivity (Wildman–Crippen MR) is 95.4 cm³/mol. The van der Waals surface area contributed by atoms with Crippen molar-refractivity contribution >= 4 is 40.1 Å². The molecule has 0 spiro atoms. The minimum absolute atomic E-state index is 0.0297. The minimum atomic E-state index is -0.434. The van der Waals surface area contributed by atoms with Gasteiger partial charge in [-0.25, -0.2) is 0 Å². The first-order chi connectivity index (χ1) is 11.5. The molecular formula is C15H24N4O3S2. The van der Waals surface area contributed by atoms with Gasteiger partial charge in [-0.1, -0.05) is 42.4 Å². The zero-order valence-electron chi connectivity index (χ0n) is 14.0. The van der Waals surface area contributed by atoms with Gasteiger partial charge in [-0.2, -0.15) is 0 Å². The summed E-state index contributed by atoms with van der Waals surface area (Å²) in [6.07, 6.45) is 6.18. The molecule has 0 saturated heterocycles. The third kappa shape index (κ3) is 7.04. The van der Waals surface area contributed by atoms with Crippen molar-refractivity contribution in [3.8, 4) is 0 Å². The molecule has 1 aromatic rings. The van der Waals surface area contributed by atoms with Gasteiger partial charge in [-0.3, -0.25) is 9.59 Å². The van der Waals surface area contributed by atoms with Crippen LogP contribution in [0.2, 0.25) is 0 Å². The Hall–Kier alpha value is -1.35. The van der Waals surface area contributed by atoms with Crippen LogP contribution in [0.4, 0.5) is 5.13 Å². The molecule has 0 unspecified atom stereocenters. The number of aromatic nitrogens is 2. The van der Waals surface area contributed by atoms with Crippen molar-refractivity contribution in [2.24, 2.45) is 0 Å². The Bertz CT molecular complexity index is 545. The number of amides is 1. The normalized spacial score (nSPS) is 15.3. The fraction of sp³-hybridized carbons (Fsp3) is 0.733. The summed E-state index contributed by atoms with van der Waals surface area (Å²) in [7, 11) is 0. The van der Waals surface area contributed by atoms with Crippen molar-refractivity contribution in [3.05, 3.63) is 0 Å². The van der Waals surface area contributed by atoms with E-state index in [1.807, 2.05) is 13.8 Å². The molecule has 0 atom stereocenters. The minimum Gasteiger partial charge on any atom is -0.455 e. The van der Waals surface area contributed by atoms with Gasteiger partial charge in [-0.05, 0) is 26.7 Å². The van der Waals surface area contributed by atoms with Crippen molar-refractivity contribution in [3.63, 3.8) is 0 Å². The third-order valence-electron chi connectivity index (χ3n) is 3.47. The number of nitrogens with zero attached hydrogens (tertiary/aromatic N) is 2. The third-order valence-corrected chi connectivity index (χ3v) is 5.43. The lowest BCUT2D eigenvalue weighted by Crippen LogP contribution is -2.34. The Morgan fingerprint density at radius 2 is 2.04 bits per heavy atom. The SMILES string of the molecule is CC(C)NC(=O)COC(=O)CSc1nnc(NC2CCCCC2)s1. The van der Waals surface area contributed by atoms with E-state index in [1.54, 1.807) is 0 Å². The fourth-order valence-corrected chi connectivity index (χ4v) is 4.05. The van der Waals surface area contributed by atoms with Gasteiger partial charge >= 0.3 is 5.97 Å². The quantitative estimate of drug-likeness (QED) is 0.535. The summed E-state index contributed by atoms with van der Waals surface area (Å²) >= 11 is 2.72. The maximum Gasteiger partial charge on any atom is 0.316 e. The standard InChI is InChI=1S/C15H24N4O3S2/c1-10(2)16-12(20)8-22-13(21)9-23-15-19-18-14(24-15)17-11-6-4-3-5-7-11/h10-11H,3-9H2,1-2H3,(H,16,20)(H,17,18). The van der Waals surface area contributed by atoms with Crippen LogP contribution in [0.15, 0.2) is 4.34 Å². The molecule has 134 valence electrons. The lowest BCUT2D eigenvalue weighted by atomic mass is 9.96. The van der Waals surface area contributed by atoms with E-state index in [4.69, 9.17) is 4.74 Å². The molecule has 0 radical (unpaired) electrons. The molecule has 1 aromatic heterocycles. The second-order valence-electron chi connectivity index (χ2n) is 6.02. The molecule has 2 rings (SSSR count). The molecule has 0 bridgehead atoms. The van der Waals surface area contributed by atoms with E-state index < -0.39 is 5.97 Å². The molecule has 1 saturated carbocycles. The van der Waals surface area contributed by atoms with Crippen molar-refractivity contribution in [1.29, 1.82) is 0 Å². The summed E-state index contributed by atoms with van der Waals surface area (Å²) in [6, 6.07) is 0.510.